The number of carbonyl (C=O) groups excluding carboxylic acids is 1. The van der Waals surface area contributed by atoms with Gasteiger partial charge >= 0.3 is 0 Å². The van der Waals surface area contributed by atoms with Crippen molar-refractivity contribution in [3.05, 3.63) is 60.2 Å². The first-order chi connectivity index (χ1) is 8.20. The number of rotatable bonds is 3. The molecule has 0 heterocycles. The molecular formula is C15H14OS. The fraction of sp³-hybridized carbons (Fsp3) is 0.133. The van der Waals surface area contributed by atoms with Crippen molar-refractivity contribution in [2.24, 2.45) is 0 Å². The Morgan fingerprint density at radius 2 is 1.59 bits per heavy atom. The van der Waals surface area contributed by atoms with Crippen molar-refractivity contribution in [2.45, 2.75) is 12.8 Å². The van der Waals surface area contributed by atoms with Gasteiger partial charge in [-0.15, -0.1) is 12.6 Å². The van der Waals surface area contributed by atoms with Gasteiger partial charge in [0.15, 0.2) is 5.12 Å². The standard InChI is InChI=1S/C15H14OS/c1-11(15(16)17)13-9-5-6-10-14(13)12-7-3-2-4-8-12/h2-11H,1H3,(H,16,17). The monoisotopic (exact) mass is 242 g/mol. The van der Waals surface area contributed by atoms with E-state index in [1.807, 2.05) is 49.4 Å². The minimum absolute atomic E-state index is 0.103. The van der Waals surface area contributed by atoms with Crippen LogP contribution in [0.3, 0.4) is 0 Å². The van der Waals surface area contributed by atoms with E-state index in [9.17, 15) is 4.79 Å². The molecule has 0 N–H and O–H groups in total. The zero-order valence-electron chi connectivity index (χ0n) is 9.63. The summed E-state index contributed by atoms with van der Waals surface area (Å²) in [5.41, 5.74) is 3.26. The van der Waals surface area contributed by atoms with Gasteiger partial charge in [0.1, 0.15) is 0 Å². The molecular weight excluding hydrogens is 228 g/mol. The summed E-state index contributed by atoms with van der Waals surface area (Å²) in [6, 6.07) is 18.1. The van der Waals surface area contributed by atoms with E-state index in [0.29, 0.717) is 0 Å². The third-order valence-electron chi connectivity index (χ3n) is 2.88. The Labute approximate surface area is 107 Å². The van der Waals surface area contributed by atoms with Gasteiger partial charge in [-0.1, -0.05) is 61.5 Å². The first-order valence-electron chi connectivity index (χ1n) is 5.57. The quantitative estimate of drug-likeness (QED) is 0.807. The lowest BCUT2D eigenvalue weighted by atomic mass is 9.92. The van der Waals surface area contributed by atoms with Crippen molar-refractivity contribution in [3.8, 4) is 11.1 Å². The van der Waals surface area contributed by atoms with Gasteiger partial charge in [0, 0.05) is 0 Å². The molecule has 0 spiro atoms. The van der Waals surface area contributed by atoms with E-state index in [0.717, 1.165) is 16.7 Å². The second kappa shape index (κ2) is 5.19. The van der Waals surface area contributed by atoms with Crippen LogP contribution in [0.5, 0.6) is 0 Å². The lowest BCUT2D eigenvalue weighted by Gasteiger charge is -2.13. The molecule has 2 aromatic carbocycles. The van der Waals surface area contributed by atoms with Gasteiger partial charge in [-0.25, -0.2) is 0 Å². The Kier molecular flexibility index (Phi) is 3.64. The molecule has 17 heavy (non-hydrogen) atoms. The van der Waals surface area contributed by atoms with Crippen LogP contribution in [0, 0.1) is 0 Å². The van der Waals surface area contributed by atoms with Crippen LogP contribution in [0.15, 0.2) is 54.6 Å². The third-order valence-corrected chi connectivity index (χ3v) is 3.27. The minimum atomic E-state index is -0.185. The Hall–Kier alpha value is -1.54. The number of carbonyl (C=O) groups is 1. The lowest BCUT2D eigenvalue weighted by Crippen LogP contribution is -2.03. The highest BCUT2D eigenvalue weighted by Gasteiger charge is 2.15. The summed E-state index contributed by atoms with van der Waals surface area (Å²) in [5.74, 6) is -0.185. The van der Waals surface area contributed by atoms with E-state index in [-0.39, 0.29) is 11.0 Å². The highest BCUT2D eigenvalue weighted by molar-refractivity contribution is 7.96. The number of hydrogen-bond donors (Lipinski definition) is 1. The predicted octanol–water partition coefficient (Wildman–Crippen LogP) is 3.91. The van der Waals surface area contributed by atoms with E-state index in [1.165, 1.54) is 0 Å². The predicted molar refractivity (Wildman–Crippen MR) is 74.3 cm³/mol. The van der Waals surface area contributed by atoms with Crippen molar-refractivity contribution in [3.63, 3.8) is 0 Å². The number of thiol groups is 1. The molecule has 0 aliphatic heterocycles. The Morgan fingerprint density at radius 1 is 1.00 bits per heavy atom. The fourth-order valence-corrected chi connectivity index (χ4v) is 2.03. The molecule has 0 aromatic heterocycles. The SMILES string of the molecule is CC(C(=O)S)c1ccccc1-c1ccccc1. The van der Waals surface area contributed by atoms with Crippen LogP contribution >= 0.6 is 12.6 Å². The van der Waals surface area contributed by atoms with Crippen molar-refractivity contribution in [1.29, 1.82) is 0 Å². The average Bonchev–Trinajstić information content (AvgIpc) is 2.39. The summed E-state index contributed by atoms with van der Waals surface area (Å²) in [6.45, 7) is 1.89. The number of benzene rings is 2. The van der Waals surface area contributed by atoms with E-state index in [1.54, 1.807) is 0 Å². The lowest BCUT2D eigenvalue weighted by molar-refractivity contribution is -0.111. The van der Waals surface area contributed by atoms with Crippen molar-refractivity contribution < 1.29 is 4.79 Å². The zero-order valence-corrected chi connectivity index (χ0v) is 10.5. The largest absolute Gasteiger partial charge is 0.287 e. The Balaban J connectivity index is 2.52. The van der Waals surface area contributed by atoms with E-state index >= 15 is 0 Å². The zero-order chi connectivity index (χ0) is 12.3. The highest BCUT2D eigenvalue weighted by atomic mass is 32.1. The molecule has 0 saturated heterocycles. The smallest absolute Gasteiger partial charge is 0.193 e. The van der Waals surface area contributed by atoms with Gasteiger partial charge in [-0.3, -0.25) is 4.79 Å². The molecule has 0 amide bonds. The topological polar surface area (TPSA) is 17.1 Å². The van der Waals surface area contributed by atoms with Crippen LogP contribution in [0.25, 0.3) is 11.1 Å². The summed E-state index contributed by atoms with van der Waals surface area (Å²) < 4.78 is 0. The summed E-state index contributed by atoms with van der Waals surface area (Å²) in [6.07, 6.45) is 0. The van der Waals surface area contributed by atoms with Gasteiger partial charge in [0.2, 0.25) is 0 Å². The van der Waals surface area contributed by atoms with Gasteiger partial charge in [-0.2, -0.15) is 0 Å². The van der Waals surface area contributed by atoms with Gasteiger partial charge < -0.3 is 0 Å². The molecule has 2 heteroatoms. The van der Waals surface area contributed by atoms with Crippen molar-refractivity contribution in [1.82, 2.24) is 0 Å². The molecule has 2 aromatic rings. The Bertz CT molecular complexity index is 519. The van der Waals surface area contributed by atoms with Gasteiger partial charge in [0.25, 0.3) is 0 Å². The molecule has 0 fully saturated rings. The van der Waals surface area contributed by atoms with E-state index < -0.39 is 0 Å². The number of hydrogen-bond acceptors (Lipinski definition) is 1. The van der Waals surface area contributed by atoms with Crippen molar-refractivity contribution >= 4 is 17.7 Å². The van der Waals surface area contributed by atoms with Crippen LogP contribution < -0.4 is 0 Å². The fourth-order valence-electron chi connectivity index (χ4n) is 1.89. The minimum Gasteiger partial charge on any atom is -0.287 e. The molecule has 86 valence electrons. The van der Waals surface area contributed by atoms with Gasteiger partial charge in [0.05, 0.1) is 5.92 Å². The molecule has 0 aliphatic rings. The molecule has 1 atom stereocenters. The maximum absolute atomic E-state index is 11.4. The van der Waals surface area contributed by atoms with Crippen LogP contribution in [0.2, 0.25) is 0 Å². The molecule has 0 bridgehead atoms. The Morgan fingerprint density at radius 3 is 2.24 bits per heavy atom. The van der Waals surface area contributed by atoms with Crippen LogP contribution in [-0.4, -0.2) is 5.12 Å². The second-order valence-electron chi connectivity index (χ2n) is 4.01. The summed E-state index contributed by atoms with van der Waals surface area (Å²) in [7, 11) is 0. The van der Waals surface area contributed by atoms with E-state index in [2.05, 4.69) is 24.8 Å². The maximum Gasteiger partial charge on any atom is 0.193 e. The first kappa shape index (κ1) is 11.9. The maximum atomic E-state index is 11.4. The normalized spacial score (nSPS) is 12.1. The molecule has 1 unspecified atom stereocenters. The highest BCUT2D eigenvalue weighted by Crippen LogP contribution is 2.29. The van der Waals surface area contributed by atoms with Crippen LogP contribution in [0.1, 0.15) is 18.4 Å². The summed E-state index contributed by atoms with van der Waals surface area (Å²) in [5, 5.41) is -0.103. The molecule has 0 saturated carbocycles. The first-order valence-corrected chi connectivity index (χ1v) is 6.02. The van der Waals surface area contributed by atoms with Crippen molar-refractivity contribution in [2.75, 3.05) is 0 Å². The van der Waals surface area contributed by atoms with Crippen LogP contribution in [0.4, 0.5) is 0 Å². The average molecular weight is 242 g/mol. The summed E-state index contributed by atoms with van der Waals surface area (Å²) >= 11 is 3.93. The van der Waals surface area contributed by atoms with Gasteiger partial charge in [-0.05, 0) is 16.7 Å². The molecule has 0 radical (unpaired) electrons. The molecule has 0 aliphatic carbocycles. The molecule has 1 nitrogen and oxygen atoms in total. The van der Waals surface area contributed by atoms with E-state index in [4.69, 9.17) is 0 Å². The third kappa shape index (κ3) is 2.59. The van der Waals surface area contributed by atoms with Crippen LogP contribution in [-0.2, 0) is 4.79 Å². The second-order valence-corrected chi connectivity index (χ2v) is 4.45. The summed E-state index contributed by atoms with van der Waals surface area (Å²) in [4.78, 5) is 11.4. The molecule has 2 rings (SSSR count).